The third-order valence-electron chi connectivity index (χ3n) is 5.59. The Morgan fingerprint density at radius 2 is 2.00 bits per heavy atom. The Hall–Kier alpha value is -1.83. The normalized spacial score (nSPS) is 19.3. The lowest BCUT2D eigenvalue weighted by Crippen LogP contribution is -2.50. The zero-order chi connectivity index (χ0) is 18.6. The Kier molecular flexibility index (Phi) is 8.74. The van der Waals surface area contributed by atoms with Crippen LogP contribution in [0.25, 0.3) is 0 Å². The number of pyridine rings is 1. The van der Waals surface area contributed by atoms with Gasteiger partial charge in [-0.25, -0.2) is 4.98 Å². The highest BCUT2D eigenvalue weighted by Crippen LogP contribution is 2.21. The molecule has 9 heteroatoms. The first kappa shape index (κ1) is 23.4. The van der Waals surface area contributed by atoms with Crippen molar-refractivity contribution in [1.82, 2.24) is 25.0 Å². The van der Waals surface area contributed by atoms with Crippen LogP contribution in [0.1, 0.15) is 30.0 Å². The molecule has 0 aliphatic carbocycles. The van der Waals surface area contributed by atoms with E-state index in [0.29, 0.717) is 12.5 Å². The average molecular weight is 441 g/mol. The second kappa shape index (κ2) is 10.8. The van der Waals surface area contributed by atoms with Crippen LogP contribution in [0.3, 0.4) is 0 Å². The Bertz CT molecular complexity index is 785. The van der Waals surface area contributed by atoms with Gasteiger partial charge < -0.3 is 15.1 Å². The molecule has 0 bridgehead atoms. The van der Waals surface area contributed by atoms with Gasteiger partial charge >= 0.3 is 0 Å². The van der Waals surface area contributed by atoms with Gasteiger partial charge in [0.1, 0.15) is 12.4 Å². The van der Waals surface area contributed by atoms with E-state index in [2.05, 4.69) is 39.4 Å². The minimum Gasteiger partial charge on any atom is -0.353 e. The smallest absolute Gasteiger partial charge is 0.244 e. The molecular formula is C20H30Cl2N6O. The average Bonchev–Trinajstić information content (AvgIpc) is 3.18. The number of piperidine rings is 1. The zero-order valence-corrected chi connectivity index (χ0v) is 18.4. The minimum absolute atomic E-state index is 0. The number of hydrogen-bond acceptors (Lipinski definition) is 5. The van der Waals surface area contributed by atoms with Gasteiger partial charge in [-0.15, -0.1) is 24.8 Å². The maximum absolute atomic E-state index is 12.7. The van der Waals surface area contributed by atoms with Crippen molar-refractivity contribution >= 4 is 36.5 Å². The van der Waals surface area contributed by atoms with Gasteiger partial charge in [-0.05, 0) is 44.0 Å². The fourth-order valence-corrected chi connectivity index (χ4v) is 4.00. The second-order valence-corrected chi connectivity index (χ2v) is 7.49. The summed E-state index contributed by atoms with van der Waals surface area (Å²) >= 11 is 0. The van der Waals surface area contributed by atoms with Crippen LogP contribution in [0.2, 0.25) is 0 Å². The van der Waals surface area contributed by atoms with Crippen LogP contribution >= 0.6 is 24.8 Å². The van der Waals surface area contributed by atoms with Gasteiger partial charge in [-0.2, -0.15) is 5.10 Å². The molecule has 160 valence electrons. The van der Waals surface area contributed by atoms with Gasteiger partial charge in [0.05, 0.1) is 5.69 Å². The van der Waals surface area contributed by atoms with Crippen molar-refractivity contribution in [2.24, 2.45) is 0 Å². The third-order valence-corrected chi connectivity index (χ3v) is 5.59. The molecule has 29 heavy (non-hydrogen) atoms. The van der Waals surface area contributed by atoms with Crippen LogP contribution in [0.4, 0.5) is 5.82 Å². The summed E-state index contributed by atoms with van der Waals surface area (Å²) in [4.78, 5) is 21.4. The highest BCUT2D eigenvalue weighted by Gasteiger charge is 2.23. The SMILES string of the molecule is Cc1cccnc1N1CCN(C(=O)Cn2ccc(C3CCCNC3)n2)CC1.Cl.Cl. The first-order valence-electron chi connectivity index (χ1n) is 9.89. The van der Waals surface area contributed by atoms with E-state index in [9.17, 15) is 4.79 Å². The number of nitrogens with zero attached hydrogens (tertiary/aromatic N) is 5. The lowest BCUT2D eigenvalue weighted by Gasteiger charge is -2.36. The number of aromatic nitrogens is 3. The molecule has 1 N–H and O–H groups in total. The predicted molar refractivity (Wildman–Crippen MR) is 119 cm³/mol. The Morgan fingerprint density at radius 1 is 1.21 bits per heavy atom. The molecule has 2 aliphatic heterocycles. The number of nitrogens with one attached hydrogen (secondary N) is 1. The van der Waals surface area contributed by atoms with Crippen LogP contribution in [-0.2, 0) is 11.3 Å². The maximum atomic E-state index is 12.7. The van der Waals surface area contributed by atoms with E-state index in [1.807, 2.05) is 23.4 Å². The summed E-state index contributed by atoms with van der Waals surface area (Å²) in [5.41, 5.74) is 2.28. The van der Waals surface area contributed by atoms with Crippen molar-refractivity contribution in [3.05, 3.63) is 41.9 Å². The fourth-order valence-electron chi connectivity index (χ4n) is 4.00. The van der Waals surface area contributed by atoms with Crippen molar-refractivity contribution in [2.45, 2.75) is 32.2 Å². The summed E-state index contributed by atoms with van der Waals surface area (Å²) in [5, 5.41) is 8.07. The van der Waals surface area contributed by atoms with E-state index >= 15 is 0 Å². The van der Waals surface area contributed by atoms with E-state index in [1.54, 1.807) is 4.68 Å². The van der Waals surface area contributed by atoms with Crippen LogP contribution in [-0.4, -0.2) is 64.8 Å². The molecule has 2 aliphatic rings. The molecular weight excluding hydrogens is 411 g/mol. The maximum Gasteiger partial charge on any atom is 0.244 e. The molecule has 4 rings (SSSR count). The second-order valence-electron chi connectivity index (χ2n) is 7.49. The highest BCUT2D eigenvalue weighted by molar-refractivity contribution is 5.85. The van der Waals surface area contributed by atoms with Crippen LogP contribution in [0.15, 0.2) is 30.6 Å². The molecule has 4 heterocycles. The molecule has 0 radical (unpaired) electrons. The van der Waals surface area contributed by atoms with E-state index in [0.717, 1.165) is 50.8 Å². The number of anilines is 1. The number of halogens is 2. The Labute approximate surface area is 184 Å². The van der Waals surface area contributed by atoms with Gasteiger partial charge in [-0.1, -0.05) is 6.07 Å². The molecule has 2 aromatic heterocycles. The fraction of sp³-hybridized carbons (Fsp3) is 0.550. The quantitative estimate of drug-likeness (QED) is 0.789. The van der Waals surface area contributed by atoms with E-state index in [4.69, 9.17) is 0 Å². The predicted octanol–water partition coefficient (Wildman–Crippen LogP) is 2.25. The Morgan fingerprint density at radius 3 is 2.69 bits per heavy atom. The van der Waals surface area contributed by atoms with Crippen molar-refractivity contribution in [1.29, 1.82) is 0 Å². The van der Waals surface area contributed by atoms with Crippen LogP contribution < -0.4 is 10.2 Å². The number of hydrogen-bond donors (Lipinski definition) is 1. The molecule has 0 saturated carbocycles. The lowest BCUT2D eigenvalue weighted by molar-refractivity contribution is -0.132. The third kappa shape index (κ3) is 5.62. The molecule has 2 aromatic rings. The molecule has 7 nitrogen and oxygen atoms in total. The topological polar surface area (TPSA) is 66.3 Å². The summed E-state index contributed by atoms with van der Waals surface area (Å²) in [7, 11) is 0. The lowest BCUT2D eigenvalue weighted by atomic mass is 9.97. The molecule has 1 amide bonds. The van der Waals surface area contributed by atoms with Crippen molar-refractivity contribution in [2.75, 3.05) is 44.2 Å². The standard InChI is InChI=1S/C20H28N6O.2ClH/c1-16-4-2-8-22-20(16)25-12-10-24(11-13-25)19(27)15-26-9-6-18(23-26)17-5-3-7-21-14-17;;/h2,4,6,8-9,17,21H,3,5,7,10-15H2,1H3;2*1H. The molecule has 0 aromatic carbocycles. The zero-order valence-electron chi connectivity index (χ0n) is 16.8. The number of carbonyl (C=O) groups is 1. The van der Waals surface area contributed by atoms with E-state index in [-0.39, 0.29) is 30.7 Å². The van der Waals surface area contributed by atoms with Gasteiger partial charge in [0.25, 0.3) is 0 Å². The number of piperazine rings is 1. The Balaban J connectivity index is 0.00000150. The summed E-state index contributed by atoms with van der Waals surface area (Å²) in [5.74, 6) is 1.64. The number of aryl methyl sites for hydroxylation is 1. The highest BCUT2D eigenvalue weighted by atomic mass is 35.5. The largest absolute Gasteiger partial charge is 0.353 e. The molecule has 2 fully saturated rings. The van der Waals surface area contributed by atoms with E-state index in [1.165, 1.54) is 18.4 Å². The van der Waals surface area contributed by atoms with Crippen LogP contribution in [0.5, 0.6) is 0 Å². The number of rotatable bonds is 4. The van der Waals surface area contributed by atoms with Crippen molar-refractivity contribution < 1.29 is 4.79 Å². The summed E-state index contributed by atoms with van der Waals surface area (Å²) in [6.07, 6.45) is 6.13. The number of amides is 1. The number of carbonyl (C=O) groups excluding carboxylic acids is 1. The van der Waals surface area contributed by atoms with Crippen molar-refractivity contribution in [3.63, 3.8) is 0 Å². The minimum atomic E-state index is 0. The van der Waals surface area contributed by atoms with E-state index < -0.39 is 0 Å². The van der Waals surface area contributed by atoms with Gasteiger partial charge in [0, 0.05) is 51.0 Å². The van der Waals surface area contributed by atoms with Crippen molar-refractivity contribution in [3.8, 4) is 0 Å². The van der Waals surface area contributed by atoms with Gasteiger partial charge in [0.2, 0.25) is 5.91 Å². The monoisotopic (exact) mass is 440 g/mol. The van der Waals surface area contributed by atoms with Gasteiger partial charge in [-0.3, -0.25) is 9.48 Å². The summed E-state index contributed by atoms with van der Waals surface area (Å²) < 4.78 is 1.79. The summed E-state index contributed by atoms with van der Waals surface area (Å²) in [6.45, 7) is 7.59. The molecule has 0 spiro atoms. The first-order chi connectivity index (χ1) is 13.2. The first-order valence-corrected chi connectivity index (χ1v) is 9.89. The molecule has 2 saturated heterocycles. The molecule has 1 unspecified atom stereocenters. The molecule has 1 atom stereocenters. The van der Waals surface area contributed by atoms with Crippen LogP contribution in [0, 0.1) is 6.92 Å². The summed E-state index contributed by atoms with van der Waals surface area (Å²) in [6, 6.07) is 6.10. The van der Waals surface area contributed by atoms with Gasteiger partial charge in [0.15, 0.2) is 0 Å².